The molecule has 0 aliphatic rings. The van der Waals surface area contributed by atoms with Gasteiger partial charge in [0, 0.05) is 0 Å². The molecule has 0 unspecified atom stereocenters. The Hall–Kier alpha value is 0. The highest BCUT2D eigenvalue weighted by Crippen LogP contribution is 2.24. The number of hydrogen-bond donors (Lipinski definition) is 0. The van der Waals surface area contributed by atoms with Crippen LogP contribution in [0.3, 0.4) is 0 Å². The van der Waals surface area contributed by atoms with Gasteiger partial charge in [-0.05, 0) is 18.3 Å². The van der Waals surface area contributed by atoms with E-state index in [-0.39, 0.29) is 0 Å². The highest BCUT2D eigenvalue weighted by atomic mass is 14.2. The topological polar surface area (TPSA) is 0 Å². The average molecular weight is 240 g/mol. The van der Waals surface area contributed by atoms with Crippen molar-refractivity contribution in [1.29, 1.82) is 0 Å². The predicted molar refractivity (Wildman–Crippen MR) is 80.5 cm³/mol. The average Bonchev–Trinajstić information content (AvgIpc) is 2.29. The fourth-order valence-electron chi connectivity index (χ4n) is 2.77. The summed E-state index contributed by atoms with van der Waals surface area (Å²) in [4.78, 5) is 0. The third-order valence-corrected chi connectivity index (χ3v) is 3.74. The minimum Gasteiger partial charge on any atom is -0.0654 e. The van der Waals surface area contributed by atoms with Crippen LogP contribution >= 0.6 is 0 Å². The summed E-state index contributed by atoms with van der Waals surface area (Å²) in [7, 11) is 0. The molecule has 0 aliphatic carbocycles. The van der Waals surface area contributed by atoms with Crippen LogP contribution in [0.4, 0.5) is 0 Å². The molecule has 0 amide bonds. The van der Waals surface area contributed by atoms with E-state index in [4.69, 9.17) is 0 Å². The normalized spacial score (nSPS) is 11.6. The zero-order chi connectivity index (χ0) is 12.9. The van der Waals surface area contributed by atoms with Crippen LogP contribution in [0.15, 0.2) is 0 Å². The molecule has 0 N–H and O–H groups in total. The Balaban J connectivity index is 3.64. The van der Waals surface area contributed by atoms with Crippen molar-refractivity contribution in [1.82, 2.24) is 0 Å². The molecule has 0 rings (SSSR count). The Morgan fingerprint density at radius 1 is 0.647 bits per heavy atom. The molecule has 0 saturated carbocycles. The Morgan fingerprint density at radius 2 is 1.12 bits per heavy atom. The molecule has 0 aromatic heterocycles. The summed E-state index contributed by atoms with van der Waals surface area (Å²) in [5, 5.41) is 0. The van der Waals surface area contributed by atoms with E-state index in [1.165, 1.54) is 70.6 Å². The molecule has 0 saturated heterocycles. The van der Waals surface area contributed by atoms with Crippen molar-refractivity contribution in [3.63, 3.8) is 0 Å². The van der Waals surface area contributed by atoms with Crippen LogP contribution in [0.2, 0.25) is 0 Å². The van der Waals surface area contributed by atoms with E-state index in [2.05, 4.69) is 27.7 Å². The zero-order valence-corrected chi connectivity index (χ0v) is 12.9. The molecule has 0 aromatic carbocycles. The van der Waals surface area contributed by atoms with E-state index in [9.17, 15) is 0 Å². The van der Waals surface area contributed by atoms with Crippen molar-refractivity contribution < 1.29 is 0 Å². The van der Waals surface area contributed by atoms with Crippen molar-refractivity contribution in [3.05, 3.63) is 0 Å². The van der Waals surface area contributed by atoms with E-state index in [0.717, 1.165) is 11.8 Å². The largest absolute Gasteiger partial charge is 0.0654 e. The van der Waals surface area contributed by atoms with E-state index >= 15 is 0 Å². The first-order chi connectivity index (χ1) is 8.20. The SMILES string of the molecule is CCCCCCC(CCCCCC)CC(C)C. The summed E-state index contributed by atoms with van der Waals surface area (Å²) >= 11 is 0. The second kappa shape index (κ2) is 12.5. The van der Waals surface area contributed by atoms with E-state index < -0.39 is 0 Å². The molecule has 0 nitrogen and oxygen atoms in total. The maximum absolute atomic E-state index is 2.38. The number of rotatable bonds is 12. The molecular formula is C17H36. The van der Waals surface area contributed by atoms with Gasteiger partial charge in [-0.1, -0.05) is 91.9 Å². The summed E-state index contributed by atoms with van der Waals surface area (Å²) in [6.07, 6.45) is 15.9. The smallest absolute Gasteiger partial charge is 0.0412 e. The minimum atomic E-state index is 0.886. The van der Waals surface area contributed by atoms with Crippen molar-refractivity contribution in [3.8, 4) is 0 Å². The van der Waals surface area contributed by atoms with Crippen LogP contribution in [0, 0.1) is 11.8 Å². The van der Waals surface area contributed by atoms with Crippen LogP contribution in [-0.4, -0.2) is 0 Å². The molecule has 0 aromatic rings. The van der Waals surface area contributed by atoms with Crippen LogP contribution in [0.5, 0.6) is 0 Å². The van der Waals surface area contributed by atoms with Crippen LogP contribution < -0.4 is 0 Å². The van der Waals surface area contributed by atoms with Gasteiger partial charge in [-0.15, -0.1) is 0 Å². The van der Waals surface area contributed by atoms with Gasteiger partial charge >= 0.3 is 0 Å². The highest BCUT2D eigenvalue weighted by Gasteiger charge is 2.10. The van der Waals surface area contributed by atoms with E-state index in [1.54, 1.807) is 0 Å². The van der Waals surface area contributed by atoms with Gasteiger partial charge in [-0.2, -0.15) is 0 Å². The lowest BCUT2D eigenvalue weighted by Gasteiger charge is -2.19. The van der Waals surface area contributed by atoms with Crippen molar-refractivity contribution in [2.24, 2.45) is 11.8 Å². The molecule has 0 heteroatoms. The lowest BCUT2D eigenvalue weighted by Crippen LogP contribution is -2.05. The summed E-state index contributed by atoms with van der Waals surface area (Å²) in [6.45, 7) is 9.36. The summed E-state index contributed by atoms with van der Waals surface area (Å²) in [6, 6.07) is 0. The number of hydrogen-bond acceptors (Lipinski definition) is 0. The Morgan fingerprint density at radius 3 is 1.47 bits per heavy atom. The zero-order valence-electron chi connectivity index (χ0n) is 12.9. The van der Waals surface area contributed by atoms with Crippen molar-refractivity contribution in [2.75, 3.05) is 0 Å². The van der Waals surface area contributed by atoms with Gasteiger partial charge in [0.2, 0.25) is 0 Å². The lowest BCUT2D eigenvalue weighted by molar-refractivity contribution is 0.340. The predicted octanol–water partition coefficient (Wildman–Crippen LogP) is 6.59. The molecule has 0 atom stereocenters. The highest BCUT2D eigenvalue weighted by molar-refractivity contribution is 4.63. The maximum Gasteiger partial charge on any atom is -0.0412 e. The molecule has 0 spiro atoms. The Bertz CT molecular complexity index is 125. The van der Waals surface area contributed by atoms with Gasteiger partial charge in [-0.25, -0.2) is 0 Å². The second-order valence-corrected chi connectivity index (χ2v) is 6.19. The lowest BCUT2D eigenvalue weighted by atomic mass is 9.87. The van der Waals surface area contributed by atoms with Crippen LogP contribution in [0.1, 0.15) is 98.3 Å². The molecular weight excluding hydrogens is 204 g/mol. The molecule has 0 fully saturated rings. The van der Waals surface area contributed by atoms with Crippen LogP contribution in [0.25, 0.3) is 0 Å². The third-order valence-electron chi connectivity index (χ3n) is 3.74. The van der Waals surface area contributed by atoms with Gasteiger partial charge in [0.1, 0.15) is 0 Å². The fourth-order valence-corrected chi connectivity index (χ4v) is 2.77. The molecule has 0 radical (unpaired) electrons. The molecule has 104 valence electrons. The first-order valence-electron chi connectivity index (χ1n) is 8.20. The minimum absolute atomic E-state index is 0.886. The fraction of sp³-hybridized carbons (Fsp3) is 1.00. The van der Waals surface area contributed by atoms with Gasteiger partial charge in [0.15, 0.2) is 0 Å². The summed E-state index contributed by atoms with van der Waals surface area (Å²) in [5.74, 6) is 1.90. The quantitative estimate of drug-likeness (QED) is 0.338. The van der Waals surface area contributed by atoms with Gasteiger partial charge < -0.3 is 0 Å². The van der Waals surface area contributed by atoms with Crippen molar-refractivity contribution >= 4 is 0 Å². The number of unbranched alkanes of at least 4 members (excludes halogenated alkanes) is 6. The summed E-state index contributed by atoms with van der Waals surface area (Å²) < 4.78 is 0. The standard InChI is InChI=1S/C17H36/c1-5-7-9-11-13-17(15-16(3)4)14-12-10-8-6-2/h16-17H,5-15H2,1-4H3. The maximum atomic E-state index is 2.38. The van der Waals surface area contributed by atoms with Gasteiger partial charge in [-0.3, -0.25) is 0 Å². The molecule has 0 bridgehead atoms. The second-order valence-electron chi connectivity index (χ2n) is 6.19. The molecule has 0 aliphatic heterocycles. The summed E-state index contributed by atoms with van der Waals surface area (Å²) in [5.41, 5.74) is 0. The Kier molecular flexibility index (Phi) is 12.5. The van der Waals surface area contributed by atoms with E-state index in [0.29, 0.717) is 0 Å². The Labute approximate surface area is 111 Å². The third kappa shape index (κ3) is 12.2. The first kappa shape index (κ1) is 17.0. The van der Waals surface area contributed by atoms with Crippen molar-refractivity contribution in [2.45, 2.75) is 98.3 Å². The molecule has 17 heavy (non-hydrogen) atoms. The first-order valence-corrected chi connectivity index (χ1v) is 8.20. The van der Waals surface area contributed by atoms with Crippen LogP contribution in [-0.2, 0) is 0 Å². The monoisotopic (exact) mass is 240 g/mol. The van der Waals surface area contributed by atoms with Gasteiger partial charge in [0.05, 0.1) is 0 Å². The van der Waals surface area contributed by atoms with Gasteiger partial charge in [0.25, 0.3) is 0 Å². The van der Waals surface area contributed by atoms with E-state index in [1.807, 2.05) is 0 Å². The molecule has 0 heterocycles.